The molecule has 1 aliphatic rings. The molecule has 0 saturated carbocycles. The van der Waals surface area contributed by atoms with E-state index in [1.54, 1.807) is 9.47 Å². The Hall–Kier alpha value is -3.40. The second-order valence-corrected chi connectivity index (χ2v) is 7.66. The molecular formula is C22H19F3N4O2S. The summed E-state index contributed by atoms with van der Waals surface area (Å²) in [6, 6.07) is 13.9. The van der Waals surface area contributed by atoms with E-state index in [4.69, 9.17) is 12.2 Å². The second-order valence-electron chi connectivity index (χ2n) is 7.28. The smallest absolute Gasteiger partial charge is 0.336 e. The van der Waals surface area contributed by atoms with Crippen LogP contribution in [-0.2, 0) is 6.18 Å². The number of aromatic nitrogens is 2. The first-order valence-electron chi connectivity index (χ1n) is 9.88. The third-order valence-corrected chi connectivity index (χ3v) is 5.63. The minimum absolute atomic E-state index is 0.132. The highest BCUT2D eigenvalue weighted by molar-refractivity contribution is 7.71. The van der Waals surface area contributed by atoms with Crippen LogP contribution in [0.3, 0.4) is 0 Å². The van der Waals surface area contributed by atoms with Gasteiger partial charge in [-0.1, -0.05) is 30.3 Å². The molecule has 0 aliphatic carbocycles. The van der Waals surface area contributed by atoms with E-state index in [2.05, 4.69) is 4.98 Å². The van der Waals surface area contributed by atoms with E-state index in [1.165, 1.54) is 29.3 Å². The van der Waals surface area contributed by atoms with Crippen LogP contribution in [0.15, 0.2) is 60.8 Å². The Kier molecular flexibility index (Phi) is 5.88. The quantitative estimate of drug-likeness (QED) is 0.598. The minimum atomic E-state index is -4.62. The van der Waals surface area contributed by atoms with Crippen molar-refractivity contribution in [1.82, 2.24) is 19.4 Å². The lowest BCUT2D eigenvalue weighted by atomic mass is 10.1. The number of rotatable bonds is 3. The van der Waals surface area contributed by atoms with Gasteiger partial charge in [-0.15, -0.1) is 0 Å². The molecule has 1 saturated heterocycles. The number of hydrogen-bond acceptors (Lipinski definition) is 3. The Balaban J connectivity index is 1.50. The maximum Gasteiger partial charge on any atom is 0.417 e. The van der Waals surface area contributed by atoms with Gasteiger partial charge in [0, 0.05) is 38.1 Å². The van der Waals surface area contributed by atoms with Crippen molar-refractivity contribution in [2.24, 2.45) is 0 Å². The third-order valence-electron chi connectivity index (χ3n) is 5.33. The number of benzene rings is 2. The fourth-order valence-electron chi connectivity index (χ4n) is 3.72. The van der Waals surface area contributed by atoms with Gasteiger partial charge in [0.15, 0.2) is 4.77 Å². The third kappa shape index (κ3) is 4.18. The normalized spacial score (nSPS) is 14.5. The van der Waals surface area contributed by atoms with Gasteiger partial charge in [-0.2, -0.15) is 13.2 Å². The SMILES string of the molecule is O=C(c1ccccc1C(F)(F)F)N1CCN(C(=O)c2c[nH]c(=S)n2-c2ccccc2)CC1. The number of hydrogen-bond donors (Lipinski definition) is 1. The molecule has 2 aromatic carbocycles. The van der Waals surface area contributed by atoms with Gasteiger partial charge in [-0.3, -0.25) is 14.2 Å². The van der Waals surface area contributed by atoms with Crippen LogP contribution in [0.1, 0.15) is 26.4 Å². The number of amides is 2. The average Bonchev–Trinajstić information content (AvgIpc) is 3.19. The Labute approximate surface area is 186 Å². The van der Waals surface area contributed by atoms with Crippen molar-refractivity contribution in [3.05, 3.63) is 82.4 Å². The molecule has 2 heterocycles. The van der Waals surface area contributed by atoms with Crippen LogP contribution in [0.5, 0.6) is 0 Å². The number of para-hydroxylation sites is 1. The summed E-state index contributed by atoms with van der Waals surface area (Å²) < 4.78 is 41.8. The van der Waals surface area contributed by atoms with Crippen LogP contribution in [0.2, 0.25) is 0 Å². The topological polar surface area (TPSA) is 61.3 Å². The van der Waals surface area contributed by atoms with Crippen molar-refractivity contribution in [1.29, 1.82) is 0 Å². The largest absolute Gasteiger partial charge is 0.417 e. The highest BCUT2D eigenvalue weighted by Crippen LogP contribution is 2.32. The summed E-state index contributed by atoms with van der Waals surface area (Å²) in [7, 11) is 0. The number of aromatic amines is 1. The molecule has 1 fully saturated rings. The molecule has 10 heteroatoms. The van der Waals surface area contributed by atoms with E-state index in [9.17, 15) is 22.8 Å². The van der Waals surface area contributed by atoms with Gasteiger partial charge in [0.05, 0.1) is 11.1 Å². The van der Waals surface area contributed by atoms with Gasteiger partial charge in [0.25, 0.3) is 11.8 Å². The number of nitrogens with one attached hydrogen (secondary N) is 1. The molecule has 0 bridgehead atoms. The Bertz CT molecular complexity index is 1200. The van der Waals surface area contributed by atoms with Crippen molar-refractivity contribution in [2.45, 2.75) is 6.18 Å². The first-order valence-corrected chi connectivity index (χ1v) is 10.3. The summed E-state index contributed by atoms with van der Waals surface area (Å²) in [5.74, 6) is -0.970. The first-order chi connectivity index (χ1) is 15.3. The monoisotopic (exact) mass is 460 g/mol. The lowest BCUT2D eigenvalue weighted by Gasteiger charge is -2.35. The maximum atomic E-state index is 13.3. The van der Waals surface area contributed by atoms with Crippen LogP contribution in [-0.4, -0.2) is 57.3 Å². The zero-order valence-corrected chi connectivity index (χ0v) is 17.6. The molecule has 0 atom stereocenters. The van der Waals surface area contributed by atoms with E-state index in [1.807, 2.05) is 30.3 Å². The number of carbonyl (C=O) groups is 2. The van der Waals surface area contributed by atoms with E-state index in [0.717, 1.165) is 11.8 Å². The minimum Gasteiger partial charge on any atom is -0.336 e. The lowest BCUT2D eigenvalue weighted by molar-refractivity contribution is -0.138. The highest BCUT2D eigenvalue weighted by atomic mass is 32.1. The lowest BCUT2D eigenvalue weighted by Crippen LogP contribution is -2.51. The average molecular weight is 460 g/mol. The fraction of sp³-hybridized carbons (Fsp3) is 0.227. The summed E-state index contributed by atoms with van der Waals surface area (Å²) in [6.45, 7) is 0.664. The van der Waals surface area contributed by atoms with Gasteiger partial charge in [0.1, 0.15) is 5.69 Å². The van der Waals surface area contributed by atoms with Gasteiger partial charge in [-0.25, -0.2) is 0 Å². The Morgan fingerprint density at radius 3 is 2.03 bits per heavy atom. The van der Waals surface area contributed by atoms with Crippen LogP contribution in [0.25, 0.3) is 5.69 Å². The van der Waals surface area contributed by atoms with Crippen LogP contribution < -0.4 is 0 Å². The molecule has 1 N–H and O–H groups in total. The van der Waals surface area contributed by atoms with Gasteiger partial charge >= 0.3 is 6.18 Å². The molecule has 1 aliphatic heterocycles. The Morgan fingerprint density at radius 1 is 0.844 bits per heavy atom. The maximum absolute atomic E-state index is 13.3. The summed E-state index contributed by atoms with van der Waals surface area (Å²) in [6.07, 6.45) is -3.08. The molecule has 1 aromatic heterocycles. The molecule has 32 heavy (non-hydrogen) atoms. The molecule has 3 aromatic rings. The molecule has 0 unspecified atom stereocenters. The highest BCUT2D eigenvalue weighted by Gasteiger charge is 2.36. The first kappa shape index (κ1) is 21.8. The second kappa shape index (κ2) is 8.62. The number of halogens is 3. The van der Waals surface area contributed by atoms with E-state index in [-0.39, 0.29) is 37.6 Å². The van der Waals surface area contributed by atoms with Crippen LogP contribution in [0, 0.1) is 4.77 Å². The van der Waals surface area contributed by atoms with Crippen molar-refractivity contribution in [3.63, 3.8) is 0 Å². The number of nitrogens with zero attached hydrogens (tertiary/aromatic N) is 3. The molecule has 0 spiro atoms. The summed E-state index contributed by atoms with van der Waals surface area (Å²) in [4.78, 5) is 31.7. The number of alkyl halides is 3. The van der Waals surface area contributed by atoms with Crippen molar-refractivity contribution < 1.29 is 22.8 Å². The van der Waals surface area contributed by atoms with Gasteiger partial charge in [0.2, 0.25) is 0 Å². The fourth-order valence-corrected chi connectivity index (χ4v) is 3.98. The predicted octanol–water partition coefficient (Wildman–Crippen LogP) is 4.15. The van der Waals surface area contributed by atoms with Gasteiger partial charge in [-0.05, 0) is 36.5 Å². The van der Waals surface area contributed by atoms with Crippen molar-refractivity contribution in [2.75, 3.05) is 26.2 Å². The molecule has 0 radical (unpaired) electrons. The van der Waals surface area contributed by atoms with E-state index < -0.39 is 17.6 Å². The number of piperazine rings is 1. The summed E-state index contributed by atoms with van der Waals surface area (Å²) in [5.41, 5.74) is -0.260. The number of carbonyl (C=O) groups excluding carboxylic acids is 2. The molecule has 6 nitrogen and oxygen atoms in total. The molecule has 4 rings (SSSR count). The summed E-state index contributed by atoms with van der Waals surface area (Å²) in [5, 5.41) is 0. The van der Waals surface area contributed by atoms with Crippen molar-refractivity contribution >= 4 is 24.0 Å². The van der Waals surface area contributed by atoms with Crippen LogP contribution >= 0.6 is 12.2 Å². The molecular weight excluding hydrogens is 441 g/mol. The van der Waals surface area contributed by atoms with E-state index in [0.29, 0.717) is 10.5 Å². The number of imidazole rings is 1. The summed E-state index contributed by atoms with van der Waals surface area (Å²) >= 11 is 5.32. The molecule has 166 valence electrons. The standard InChI is InChI=1S/C22H19F3N4O2S/c23-22(24,25)17-9-5-4-8-16(17)19(30)27-10-12-28(13-11-27)20(31)18-14-26-21(32)29(18)15-6-2-1-3-7-15/h1-9,14H,10-13H2,(H,26,32). The zero-order chi connectivity index (χ0) is 22.9. The zero-order valence-electron chi connectivity index (χ0n) is 16.8. The predicted molar refractivity (Wildman–Crippen MR) is 114 cm³/mol. The molecule has 2 amide bonds. The van der Waals surface area contributed by atoms with Crippen LogP contribution in [0.4, 0.5) is 13.2 Å². The Morgan fingerprint density at radius 2 is 1.41 bits per heavy atom. The van der Waals surface area contributed by atoms with Crippen molar-refractivity contribution in [3.8, 4) is 5.69 Å². The van der Waals surface area contributed by atoms with E-state index >= 15 is 0 Å². The number of H-pyrrole nitrogens is 1. The van der Waals surface area contributed by atoms with Gasteiger partial charge < -0.3 is 14.8 Å².